The molecule has 0 unspecified atom stereocenters. The van der Waals surface area contributed by atoms with Crippen molar-refractivity contribution in [2.75, 3.05) is 12.4 Å². The van der Waals surface area contributed by atoms with Crippen molar-refractivity contribution in [3.05, 3.63) is 63.1 Å². The number of benzene rings is 2. The molecule has 0 radical (unpaired) electrons. The molecular formula is C16H12Cl3NO2. The predicted octanol–water partition coefficient (Wildman–Crippen LogP) is 5.31. The zero-order valence-corrected chi connectivity index (χ0v) is 13.8. The first-order valence-electron chi connectivity index (χ1n) is 6.28. The van der Waals surface area contributed by atoms with E-state index in [9.17, 15) is 4.79 Å². The summed E-state index contributed by atoms with van der Waals surface area (Å²) in [5.74, 6) is 0.338. The number of carbonyl (C=O) groups excluding carboxylic acids is 1. The summed E-state index contributed by atoms with van der Waals surface area (Å²) in [5, 5.41) is 3.60. The van der Waals surface area contributed by atoms with E-state index in [0.717, 1.165) is 5.56 Å². The standard InChI is InChI=1S/C16H12Cl3NO2/c1-22-15-5-3-2-4-10(15)6-7-16(21)20-14-9-12(18)11(17)8-13(14)19/h2-9H,1H3,(H,20,21). The van der Waals surface area contributed by atoms with Gasteiger partial charge < -0.3 is 10.1 Å². The van der Waals surface area contributed by atoms with Gasteiger partial charge in [0.05, 0.1) is 27.9 Å². The summed E-state index contributed by atoms with van der Waals surface area (Å²) in [4.78, 5) is 12.0. The van der Waals surface area contributed by atoms with Crippen LogP contribution in [0, 0.1) is 0 Å². The number of ether oxygens (including phenoxy) is 1. The number of rotatable bonds is 4. The number of hydrogen-bond donors (Lipinski definition) is 1. The summed E-state index contributed by atoms with van der Waals surface area (Å²) >= 11 is 17.8. The number of carbonyl (C=O) groups is 1. The van der Waals surface area contributed by atoms with Gasteiger partial charge in [0.1, 0.15) is 5.75 Å². The molecular weight excluding hydrogens is 345 g/mol. The minimum atomic E-state index is -0.341. The molecule has 0 saturated heterocycles. The molecule has 0 atom stereocenters. The number of anilines is 1. The fourth-order valence-electron chi connectivity index (χ4n) is 1.76. The number of hydrogen-bond acceptors (Lipinski definition) is 2. The summed E-state index contributed by atoms with van der Waals surface area (Å²) < 4.78 is 5.21. The number of amides is 1. The Kier molecular flexibility index (Phi) is 5.72. The van der Waals surface area contributed by atoms with E-state index in [1.165, 1.54) is 18.2 Å². The molecule has 0 fully saturated rings. The van der Waals surface area contributed by atoms with E-state index >= 15 is 0 Å². The van der Waals surface area contributed by atoms with Crippen molar-refractivity contribution in [1.29, 1.82) is 0 Å². The molecule has 0 aliphatic rings. The summed E-state index contributed by atoms with van der Waals surface area (Å²) in [7, 11) is 1.57. The lowest BCUT2D eigenvalue weighted by molar-refractivity contribution is -0.111. The number of nitrogens with one attached hydrogen (secondary N) is 1. The molecule has 0 aromatic heterocycles. The quantitative estimate of drug-likeness (QED) is 0.596. The van der Waals surface area contributed by atoms with E-state index in [0.29, 0.717) is 26.5 Å². The molecule has 0 saturated carbocycles. The van der Waals surface area contributed by atoms with Crippen LogP contribution >= 0.6 is 34.8 Å². The molecule has 2 rings (SSSR count). The molecule has 114 valence electrons. The summed E-state index contributed by atoms with van der Waals surface area (Å²) in [6, 6.07) is 10.3. The van der Waals surface area contributed by atoms with Crippen LogP contribution in [0.3, 0.4) is 0 Å². The van der Waals surface area contributed by atoms with Gasteiger partial charge >= 0.3 is 0 Å². The highest BCUT2D eigenvalue weighted by atomic mass is 35.5. The van der Waals surface area contributed by atoms with E-state index in [4.69, 9.17) is 39.5 Å². The van der Waals surface area contributed by atoms with Crippen LogP contribution in [0.15, 0.2) is 42.5 Å². The van der Waals surface area contributed by atoms with E-state index in [-0.39, 0.29) is 5.91 Å². The smallest absolute Gasteiger partial charge is 0.248 e. The second-order valence-corrected chi connectivity index (χ2v) is 5.53. The second kappa shape index (κ2) is 7.54. The van der Waals surface area contributed by atoms with Gasteiger partial charge in [-0.05, 0) is 24.3 Å². The van der Waals surface area contributed by atoms with Crippen LogP contribution in [-0.4, -0.2) is 13.0 Å². The maximum Gasteiger partial charge on any atom is 0.248 e. The van der Waals surface area contributed by atoms with E-state index in [2.05, 4.69) is 5.32 Å². The molecule has 2 aromatic carbocycles. The van der Waals surface area contributed by atoms with Gasteiger partial charge in [0, 0.05) is 11.6 Å². The van der Waals surface area contributed by atoms with Gasteiger partial charge in [-0.2, -0.15) is 0 Å². The lowest BCUT2D eigenvalue weighted by atomic mass is 10.2. The Bertz CT molecular complexity index is 729. The van der Waals surface area contributed by atoms with E-state index in [1.54, 1.807) is 13.2 Å². The fraction of sp³-hybridized carbons (Fsp3) is 0.0625. The van der Waals surface area contributed by atoms with E-state index < -0.39 is 0 Å². The van der Waals surface area contributed by atoms with Gasteiger partial charge in [-0.15, -0.1) is 0 Å². The SMILES string of the molecule is COc1ccccc1C=CC(=O)Nc1cc(Cl)c(Cl)cc1Cl. The largest absolute Gasteiger partial charge is 0.496 e. The molecule has 2 aromatic rings. The third-order valence-corrected chi connectivity index (χ3v) is 3.86. The summed E-state index contributed by atoms with van der Waals surface area (Å²) in [6.45, 7) is 0. The Hall–Kier alpha value is -1.68. The number of halogens is 3. The molecule has 0 aliphatic heterocycles. The monoisotopic (exact) mass is 355 g/mol. The maximum atomic E-state index is 12.0. The van der Waals surface area contributed by atoms with Crippen LogP contribution in [0.1, 0.15) is 5.56 Å². The highest BCUT2D eigenvalue weighted by Crippen LogP contribution is 2.32. The van der Waals surface area contributed by atoms with Crippen molar-refractivity contribution in [2.24, 2.45) is 0 Å². The lowest BCUT2D eigenvalue weighted by Gasteiger charge is -2.07. The first-order valence-corrected chi connectivity index (χ1v) is 7.41. The third-order valence-electron chi connectivity index (χ3n) is 2.82. The molecule has 3 nitrogen and oxygen atoms in total. The molecule has 22 heavy (non-hydrogen) atoms. The maximum absolute atomic E-state index is 12.0. The van der Waals surface area contributed by atoms with Crippen LogP contribution < -0.4 is 10.1 Å². The topological polar surface area (TPSA) is 38.3 Å². The zero-order chi connectivity index (χ0) is 16.1. The molecule has 0 spiro atoms. The molecule has 0 aliphatic carbocycles. The van der Waals surface area contributed by atoms with Crippen LogP contribution in [-0.2, 0) is 4.79 Å². The second-order valence-electron chi connectivity index (χ2n) is 4.31. The van der Waals surface area contributed by atoms with Gasteiger partial charge in [-0.25, -0.2) is 0 Å². The van der Waals surface area contributed by atoms with Gasteiger partial charge in [0.15, 0.2) is 0 Å². The predicted molar refractivity (Wildman–Crippen MR) is 92.1 cm³/mol. The molecule has 0 bridgehead atoms. The molecule has 1 amide bonds. The van der Waals surface area contributed by atoms with Crippen molar-refractivity contribution in [3.63, 3.8) is 0 Å². The van der Waals surface area contributed by atoms with Crippen molar-refractivity contribution >= 4 is 52.5 Å². The van der Waals surface area contributed by atoms with Gasteiger partial charge in [0.2, 0.25) is 5.91 Å². The van der Waals surface area contributed by atoms with Crippen molar-refractivity contribution in [3.8, 4) is 5.75 Å². The number of methoxy groups -OCH3 is 1. The minimum absolute atomic E-state index is 0.313. The Balaban J connectivity index is 2.13. The highest BCUT2D eigenvalue weighted by molar-refractivity contribution is 6.44. The van der Waals surface area contributed by atoms with Gasteiger partial charge in [0.25, 0.3) is 0 Å². The van der Waals surface area contributed by atoms with Crippen LogP contribution in [0.25, 0.3) is 6.08 Å². The summed E-state index contributed by atoms with van der Waals surface area (Å²) in [5.41, 5.74) is 1.19. The Morgan fingerprint density at radius 2 is 1.77 bits per heavy atom. The van der Waals surface area contributed by atoms with Crippen molar-refractivity contribution < 1.29 is 9.53 Å². The highest BCUT2D eigenvalue weighted by Gasteiger charge is 2.08. The average molecular weight is 357 g/mol. The number of para-hydroxylation sites is 1. The third kappa shape index (κ3) is 4.17. The normalized spacial score (nSPS) is 10.7. The minimum Gasteiger partial charge on any atom is -0.496 e. The lowest BCUT2D eigenvalue weighted by Crippen LogP contribution is -2.08. The molecule has 6 heteroatoms. The first-order chi connectivity index (χ1) is 10.5. The fourth-order valence-corrected chi connectivity index (χ4v) is 2.36. The zero-order valence-electron chi connectivity index (χ0n) is 11.6. The van der Waals surface area contributed by atoms with Crippen LogP contribution in [0.5, 0.6) is 5.75 Å². The van der Waals surface area contributed by atoms with Crippen molar-refractivity contribution in [1.82, 2.24) is 0 Å². The Morgan fingerprint density at radius 3 is 2.50 bits per heavy atom. The van der Waals surface area contributed by atoms with Gasteiger partial charge in [-0.3, -0.25) is 4.79 Å². The molecule has 0 heterocycles. The van der Waals surface area contributed by atoms with Crippen LogP contribution in [0.2, 0.25) is 15.1 Å². The Labute approximate surface area is 143 Å². The molecule has 1 N–H and O–H groups in total. The average Bonchev–Trinajstić information content (AvgIpc) is 2.51. The van der Waals surface area contributed by atoms with Crippen LogP contribution in [0.4, 0.5) is 5.69 Å². The first kappa shape index (κ1) is 16.7. The van der Waals surface area contributed by atoms with E-state index in [1.807, 2.05) is 24.3 Å². The summed E-state index contributed by atoms with van der Waals surface area (Å²) in [6.07, 6.45) is 3.04. The Morgan fingerprint density at radius 1 is 1.09 bits per heavy atom. The van der Waals surface area contributed by atoms with Gasteiger partial charge in [-0.1, -0.05) is 53.0 Å². The van der Waals surface area contributed by atoms with Crippen molar-refractivity contribution in [2.45, 2.75) is 0 Å².